The molecule has 1 aliphatic heterocycles. The number of phenolic OH excluding ortho intramolecular Hbond substituents is 1. The van der Waals surface area contributed by atoms with E-state index in [9.17, 15) is 33.0 Å². The van der Waals surface area contributed by atoms with Gasteiger partial charge in [-0.2, -0.15) is 13.2 Å². The van der Waals surface area contributed by atoms with E-state index < -0.39 is 35.2 Å². The van der Waals surface area contributed by atoms with Crippen molar-refractivity contribution in [2.75, 3.05) is 4.90 Å². The number of halogens is 3. The lowest BCUT2D eigenvalue weighted by Gasteiger charge is -2.26. The molecule has 2 N–H and O–H groups in total. The first kappa shape index (κ1) is 25.8. The van der Waals surface area contributed by atoms with E-state index in [2.05, 4.69) is 0 Å². The molecule has 0 aromatic heterocycles. The number of rotatable bonds is 5. The monoisotopic (exact) mass is 511 g/mol. The van der Waals surface area contributed by atoms with E-state index in [0.717, 1.165) is 23.1 Å². The molecule has 0 spiro atoms. The van der Waals surface area contributed by atoms with Crippen LogP contribution in [0.4, 0.5) is 18.9 Å². The molecule has 1 aliphatic rings. The number of alkyl halides is 3. The Hall–Kier alpha value is -4.27. The Kier molecular flexibility index (Phi) is 6.73. The van der Waals surface area contributed by atoms with Gasteiger partial charge in [-0.15, -0.1) is 0 Å². The summed E-state index contributed by atoms with van der Waals surface area (Å²) in [4.78, 5) is 27.3. The average molecular weight is 511 g/mol. The van der Waals surface area contributed by atoms with Gasteiger partial charge in [-0.05, 0) is 80.4 Å². The molecule has 1 atom stereocenters. The lowest BCUT2D eigenvalue weighted by Crippen LogP contribution is -2.29. The molecule has 1 fully saturated rings. The number of nitrogens with zero attached hydrogens (tertiary/aromatic N) is 1. The van der Waals surface area contributed by atoms with Gasteiger partial charge in [0.25, 0.3) is 11.7 Å². The predicted molar refractivity (Wildman–Crippen MR) is 131 cm³/mol. The Morgan fingerprint density at radius 2 is 1.70 bits per heavy atom. The summed E-state index contributed by atoms with van der Waals surface area (Å²) in [6.45, 7) is 5.47. The maximum Gasteiger partial charge on any atom is 0.416 e. The molecule has 3 aromatic carbocycles. The second-order valence-electron chi connectivity index (χ2n) is 8.96. The molecule has 3 aromatic rings. The third kappa shape index (κ3) is 5.02. The number of phenols is 1. The smallest absolute Gasteiger partial charge is 0.416 e. The minimum atomic E-state index is -4.68. The van der Waals surface area contributed by atoms with Gasteiger partial charge in [0.15, 0.2) is 0 Å². The summed E-state index contributed by atoms with van der Waals surface area (Å²) in [6, 6.07) is 13.1. The van der Waals surface area contributed by atoms with Crippen LogP contribution in [-0.4, -0.2) is 28.0 Å². The van der Waals surface area contributed by atoms with Crippen LogP contribution in [0.5, 0.6) is 11.5 Å². The number of carbonyl (C=O) groups is 2. The van der Waals surface area contributed by atoms with E-state index in [1.54, 1.807) is 19.1 Å². The highest BCUT2D eigenvalue weighted by Gasteiger charge is 2.47. The number of ether oxygens (including phenoxy) is 1. The zero-order valence-corrected chi connectivity index (χ0v) is 20.2. The summed E-state index contributed by atoms with van der Waals surface area (Å²) in [5, 5.41) is 21.3. The molecule has 0 aliphatic carbocycles. The number of ketones is 1. The average Bonchev–Trinajstić information content (AvgIpc) is 3.09. The molecule has 0 saturated carbocycles. The van der Waals surface area contributed by atoms with E-state index >= 15 is 0 Å². The van der Waals surface area contributed by atoms with Crippen molar-refractivity contribution in [2.45, 2.75) is 39.1 Å². The van der Waals surface area contributed by atoms with Crippen LogP contribution in [0.15, 0.2) is 72.3 Å². The number of aliphatic hydroxyl groups excluding tert-OH is 1. The van der Waals surface area contributed by atoms with Gasteiger partial charge in [0.05, 0.1) is 23.3 Å². The number of hydrogen-bond acceptors (Lipinski definition) is 5. The van der Waals surface area contributed by atoms with Crippen molar-refractivity contribution in [3.05, 3.63) is 94.6 Å². The summed E-state index contributed by atoms with van der Waals surface area (Å²) < 4.78 is 46.0. The lowest BCUT2D eigenvalue weighted by molar-refractivity contribution is -0.137. The standard InChI is InChI=1S/C28H24F3NO5/c1-15(2)37-22-11-10-18(12-16(22)3)25(34)23-24(17-6-4-9-21(33)13-17)32(27(36)26(23)35)20-8-5-7-19(14-20)28(29,30)31/h4-15,24,33-34H,1-3H3/b25-23+. The van der Waals surface area contributed by atoms with Crippen LogP contribution in [0.25, 0.3) is 5.76 Å². The summed E-state index contributed by atoms with van der Waals surface area (Å²) in [5.74, 6) is -2.28. The molecular formula is C28H24F3NO5. The summed E-state index contributed by atoms with van der Waals surface area (Å²) in [5.41, 5.74) is -0.377. The van der Waals surface area contributed by atoms with Crippen molar-refractivity contribution in [3.8, 4) is 11.5 Å². The highest BCUT2D eigenvalue weighted by Crippen LogP contribution is 2.44. The first-order valence-corrected chi connectivity index (χ1v) is 11.4. The van der Waals surface area contributed by atoms with Gasteiger partial charge in [0.2, 0.25) is 0 Å². The number of amides is 1. The highest BCUT2D eigenvalue weighted by atomic mass is 19.4. The van der Waals surface area contributed by atoms with Crippen molar-refractivity contribution in [2.24, 2.45) is 0 Å². The van der Waals surface area contributed by atoms with Crippen molar-refractivity contribution < 1.29 is 37.7 Å². The first-order valence-electron chi connectivity index (χ1n) is 11.4. The van der Waals surface area contributed by atoms with Crippen LogP contribution in [-0.2, 0) is 15.8 Å². The van der Waals surface area contributed by atoms with Crippen molar-refractivity contribution in [1.29, 1.82) is 0 Å². The second kappa shape index (κ2) is 9.65. The Bertz CT molecular complexity index is 1410. The summed E-state index contributed by atoms with van der Waals surface area (Å²) in [6.07, 6.45) is -4.77. The molecular weight excluding hydrogens is 487 g/mol. The minimum Gasteiger partial charge on any atom is -0.508 e. The molecule has 6 nitrogen and oxygen atoms in total. The minimum absolute atomic E-state index is 0.0957. The zero-order valence-electron chi connectivity index (χ0n) is 20.2. The quantitative estimate of drug-likeness (QED) is 0.244. The van der Waals surface area contributed by atoms with Gasteiger partial charge in [0, 0.05) is 11.3 Å². The molecule has 1 heterocycles. The Morgan fingerprint density at radius 3 is 2.32 bits per heavy atom. The molecule has 9 heteroatoms. The van der Waals surface area contributed by atoms with Crippen LogP contribution in [0, 0.1) is 6.92 Å². The van der Waals surface area contributed by atoms with E-state index in [1.807, 2.05) is 13.8 Å². The van der Waals surface area contributed by atoms with Gasteiger partial charge in [-0.1, -0.05) is 18.2 Å². The van der Waals surface area contributed by atoms with Crippen molar-refractivity contribution in [1.82, 2.24) is 0 Å². The molecule has 1 amide bonds. The molecule has 192 valence electrons. The third-order valence-electron chi connectivity index (χ3n) is 5.89. The number of aliphatic hydroxyl groups is 1. The second-order valence-corrected chi connectivity index (χ2v) is 8.96. The molecule has 1 saturated heterocycles. The number of Topliss-reactive ketones (excluding diaryl/α,β-unsaturated/α-hetero) is 1. The van der Waals surface area contributed by atoms with Crippen LogP contribution >= 0.6 is 0 Å². The van der Waals surface area contributed by atoms with Crippen LogP contribution < -0.4 is 9.64 Å². The molecule has 4 rings (SSSR count). The van der Waals surface area contributed by atoms with E-state index in [-0.39, 0.29) is 34.2 Å². The van der Waals surface area contributed by atoms with Crippen molar-refractivity contribution in [3.63, 3.8) is 0 Å². The summed E-state index contributed by atoms with van der Waals surface area (Å²) >= 11 is 0. The van der Waals surface area contributed by atoms with Gasteiger partial charge >= 0.3 is 6.18 Å². The van der Waals surface area contributed by atoms with E-state index in [1.165, 1.54) is 36.4 Å². The van der Waals surface area contributed by atoms with Gasteiger partial charge < -0.3 is 14.9 Å². The molecule has 0 bridgehead atoms. The largest absolute Gasteiger partial charge is 0.508 e. The van der Waals surface area contributed by atoms with E-state index in [4.69, 9.17) is 4.74 Å². The Morgan fingerprint density at radius 1 is 1.00 bits per heavy atom. The molecule has 37 heavy (non-hydrogen) atoms. The molecule has 0 radical (unpaired) electrons. The maximum absolute atomic E-state index is 13.4. The fourth-order valence-electron chi connectivity index (χ4n) is 4.28. The number of carbonyl (C=O) groups excluding carboxylic acids is 2. The fraction of sp³-hybridized carbons (Fsp3) is 0.214. The van der Waals surface area contributed by atoms with Gasteiger partial charge in [0.1, 0.15) is 17.3 Å². The number of benzene rings is 3. The lowest BCUT2D eigenvalue weighted by atomic mass is 9.94. The van der Waals surface area contributed by atoms with Crippen LogP contribution in [0.1, 0.15) is 42.1 Å². The van der Waals surface area contributed by atoms with E-state index in [0.29, 0.717) is 11.3 Å². The fourth-order valence-corrected chi connectivity index (χ4v) is 4.28. The van der Waals surface area contributed by atoms with Crippen LogP contribution in [0.2, 0.25) is 0 Å². The normalized spacial score (nSPS) is 17.5. The third-order valence-corrected chi connectivity index (χ3v) is 5.89. The molecule has 1 unspecified atom stereocenters. The van der Waals surface area contributed by atoms with Crippen molar-refractivity contribution >= 4 is 23.1 Å². The highest BCUT2D eigenvalue weighted by molar-refractivity contribution is 6.51. The predicted octanol–water partition coefficient (Wildman–Crippen LogP) is 6.13. The maximum atomic E-state index is 13.4. The number of anilines is 1. The number of aryl methyl sites for hydroxylation is 1. The zero-order chi connectivity index (χ0) is 27.1. The Labute approximate surface area is 211 Å². The SMILES string of the molecule is Cc1cc(/C(O)=C2\C(=O)C(=O)N(c3cccc(C(F)(F)F)c3)C2c2cccc(O)c2)ccc1OC(C)C. The first-order chi connectivity index (χ1) is 17.4. The van der Waals surface area contributed by atoms with Gasteiger partial charge in [-0.3, -0.25) is 14.5 Å². The number of aromatic hydroxyl groups is 1. The van der Waals surface area contributed by atoms with Gasteiger partial charge in [-0.25, -0.2) is 0 Å². The summed E-state index contributed by atoms with van der Waals surface area (Å²) in [7, 11) is 0. The van der Waals surface area contributed by atoms with Crippen LogP contribution in [0.3, 0.4) is 0 Å². The Balaban J connectivity index is 1.91. The topological polar surface area (TPSA) is 87.1 Å². The number of hydrogen-bond donors (Lipinski definition) is 2.